The molecule has 94 valence electrons. The molecule has 0 spiro atoms. The Morgan fingerprint density at radius 1 is 1.56 bits per heavy atom. The standard InChI is InChI=1S/C12H13N3O2S/c16-12(17)15-11-13-9-4-3-8(5-10(9)14-11)18-6-7-1-2-7/h3-5,7H,1-2,6H2,(H,16,17)(H2,13,14,15). The lowest BCUT2D eigenvalue weighted by Crippen LogP contribution is -2.08. The van der Waals surface area contributed by atoms with Gasteiger partial charge in [0.2, 0.25) is 5.95 Å². The number of anilines is 1. The molecule has 1 aromatic heterocycles. The highest BCUT2D eigenvalue weighted by Crippen LogP contribution is 2.35. The minimum absolute atomic E-state index is 0.266. The second-order valence-electron chi connectivity index (χ2n) is 4.45. The van der Waals surface area contributed by atoms with Crippen molar-refractivity contribution >= 4 is 34.8 Å². The van der Waals surface area contributed by atoms with E-state index in [4.69, 9.17) is 5.11 Å². The number of carbonyl (C=O) groups is 1. The molecule has 18 heavy (non-hydrogen) atoms. The number of aromatic amines is 1. The molecule has 1 aliphatic carbocycles. The maximum Gasteiger partial charge on any atom is 0.411 e. The number of hydrogen-bond donors (Lipinski definition) is 3. The zero-order valence-corrected chi connectivity index (χ0v) is 10.5. The Morgan fingerprint density at radius 2 is 2.39 bits per heavy atom. The van der Waals surface area contributed by atoms with Gasteiger partial charge in [0, 0.05) is 10.6 Å². The Kier molecular flexibility index (Phi) is 2.87. The van der Waals surface area contributed by atoms with Crippen molar-refractivity contribution in [3.05, 3.63) is 18.2 Å². The number of hydrogen-bond acceptors (Lipinski definition) is 3. The van der Waals surface area contributed by atoms with E-state index < -0.39 is 6.09 Å². The third-order valence-electron chi connectivity index (χ3n) is 2.86. The number of thioether (sulfide) groups is 1. The van der Waals surface area contributed by atoms with Crippen LogP contribution in [0.2, 0.25) is 0 Å². The van der Waals surface area contributed by atoms with Crippen molar-refractivity contribution in [2.24, 2.45) is 5.92 Å². The SMILES string of the molecule is O=C(O)Nc1nc2cc(SCC3CC3)ccc2[nH]1. The number of rotatable bonds is 4. The lowest BCUT2D eigenvalue weighted by molar-refractivity contribution is 0.209. The zero-order chi connectivity index (χ0) is 12.5. The Bertz CT molecular complexity index is 592. The summed E-state index contributed by atoms with van der Waals surface area (Å²) in [6.45, 7) is 0. The first-order valence-electron chi connectivity index (χ1n) is 5.83. The minimum atomic E-state index is -1.11. The molecule has 0 radical (unpaired) electrons. The van der Waals surface area contributed by atoms with Gasteiger partial charge < -0.3 is 10.1 Å². The maximum absolute atomic E-state index is 10.5. The summed E-state index contributed by atoms with van der Waals surface area (Å²) < 4.78 is 0. The van der Waals surface area contributed by atoms with E-state index >= 15 is 0 Å². The highest BCUT2D eigenvalue weighted by Gasteiger charge is 2.21. The van der Waals surface area contributed by atoms with Gasteiger partial charge >= 0.3 is 6.09 Å². The first-order chi connectivity index (χ1) is 8.70. The predicted molar refractivity (Wildman–Crippen MR) is 71.2 cm³/mol. The first kappa shape index (κ1) is 11.4. The van der Waals surface area contributed by atoms with Crippen molar-refractivity contribution in [3.63, 3.8) is 0 Å². The van der Waals surface area contributed by atoms with E-state index in [1.54, 1.807) is 0 Å². The topological polar surface area (TPSA) is 78.0 Å². The van der Waals surface area contributed by atoms with Crippen LogP contribution in [-0.4, -0.2) is 26.9 Å². The van der Waals surface area contributed by atoms with E-state index in [2.05, 4.69) is 15.3 Å². The van der Waals surface area contributed by atoms with Gasteiger partial charge in [0.05, 0.1) is 11.0 Å². The molecule has 0 saturated heterocycles. The molecule has 0 unspecified atom stereocenters. The largest absolute Gasteiger partial charge is 0.465 e. The molecule has 1 saturated carbocycles. The van der Waals surface area contributed by atoms with Gasteiger partial charge in [0.25, 0.3) is 0 Å². The van der Waals surface area contributed by atoms with Crippen molar-refractivity contribution in [1.29, 1.82) is 0 Å². The van der Waals surface area contributed by atoms with Crippen LogP contribution in [0.25, 0.3) is 11.0 Å². The van der Waals surface area contributed by atoms with Gasteiger partial charge in [-0.15, -0.1) is 11.8 Å². The summed E-state index contributed by atoms with van der Waals surface area (Å²) >= 11 is 1.84. The highest BCUT2D eigenvalue weighted by atomic mass is 32.2. The monoisotopic (exact) mass is 263 g/mol. The predicted octanol–water partition coefficient (Wildman–Crippen LogP) is 3.15. The van der Waals surface area contributed by atoms with E-state index in [0.29, 0.717) is 0 Å². The fourth-order valence-electron chi connectivity index (χ4n) is 1.73. The molecule has 0 atom stereocenters. The van der Waals surface area contributed by atoms with Gasteiger partial charge in [-0.3, -0.25) is 5.32 Å². The lowest BCUT2D eigenvalue weighted by Gasteiger charge is -1.99. The molecule has 1 aromatic carbocycles. The molecule has 1 heterocycles. The lowest BCUT2D eigenvalue weighted by atomic mass is 10.3. The van der Waals surface area contributed by atoms with Gasteiger partial charge in [-0.1, -0.05) is 0 Å². The summed E-state index contributed by atoms with van der Waals surface area (Å²) in [7, 11) is 0. The Labute approximate surface area is 108 Å². The van der Waals surface area contributed by atoms with Gasteiger partial charge in [0.1, 0.15) is 0 Å². The van der Waals surface area contributed by atoms with Crippen molar-refractivity contribution < 1.29 is 9.90 Å². The van der Waals surface area contributed by atoms with E-state index in [0.717, 1.165) is 22.7 Å². The van der Waals surface area contributed by atoms with Crippen LogP contribution in [0.15, 0.2) is 23.1 Å². The number of aromatic nitrogens is 2. The normalized spacial score (nSPS) is 14.9. The fraction of sp³-hybridized carbons (Fsp3) is 0.333. The Balaban J connectivity index is 1.79. The van der Waals surface area contributed by atoms with Crippen LogP contribution in [0.3, 0.4) is 0 Å². The third kappa shape index (κ3) is 2.59. The van der Waals surface area contributed by atoms with Crippen LogP contribution in [-0.2, 0) is 0 Å². The Morgan fingerprint density at radius 3 is 3.11 bits per heavy atom. The number of fused-ring (bicyclic) bond motifs is 1. The van der Waals surface area contributed by atoms with Crippen molar-refractivity contribution in [3.8, 4) is 0 Å². The average molecular weight is 263 g/mol. The molecule has 1 fully saturated rings. The molecule has 0 bridgehead atoms. The molecule has 3 rings (SSSR count). The molecule has 2 aromatic rings. The van der Waals surface area contributed by atoms with Crippen LogP contribution in [0.5, 0.6) is 0 Å². The van der Waals surface area contributed by atoms with Gasteiger partial charge in [0.15, 0.2) is 0 Å². The smallest absolute Gasteiger partial charge is 0.411 e. The summed E-state index contributed by atoms with van der Waals surface area (Å²) in [6, 6.07) is 5.97. The first-order valence-corrected chi connectivity index (χ1v) is 6.82. The number of amides is 1. The third-order valence-corrected chi connectivity index (χ3v) is 4.09. The van der Waals surface area contributed by atoms with Gasteiger partial charge in [-0.2, -0.15) is 0 Å². The summed E-state index contributed by atoms with van der Waals surface area (Å²) in [5.74, 6) is 2.31. The number of imidazole rings is 1. The number of nitrogens with zero attached hydrogens (tertiary/aromatic N) is 1. The van der Waals surface area contributed by atoms with Gasteiger partial charge in [-0.25, -0.2) is 9.78 Å². The molecule has 3 N–H and O–H groups in total. The molecule has 0 aliphatic heterocycles. The van der Waals surface area contributed by atoms with Crippen molar-refractivity contribution in [2.45, 2.75) is 17.7 Å². The zero-order valence-electron chi connectivity index (χ0n) is 9.64. The summed E-state index contributed by atoms with van der Waals surface area (Å²) in [6.07, 6.45) is 1.59. The maximum atomic E-state index is 10.5. The van der Waals surface area contributed by atoms with Crippen LogP contribution < -0.4 is 5.32 Å². The average Bonchev–Trinajstić information content (AvgIpc) is 3.05. The van der Waals surface area contributed by atoms with Crippen molar-refractivity contribution in [2.75, 3.05) is 11.1 Å². The Hall–Kier alpha value is -1.69. The van der Waals surface area contributed by atoms with E-state index in [-0.39, 0.29) is 5.95 Å². The van der Waals surface area contributed by atoms with Crippen LogP contribution >= 0.6 is 11.8 Å². The molecular formula is C12H13N3O2S. The molecular weight excluding hydrogens is 250 g/mol. The van der Waals surface area contributed by atoms with E-state index in [1.807, 2.05) is 30.0 Å². The minimum Gasteiger partial charge on any atom is -0.465 e. The van der Waals surface area contributed by atoms with E-state index in [1.165, 1.54) is 17.7 Å². The fourth-order valence-corrected chi connectivity index (χ4v) is 2.86. The number of benzene rings is 1. The number of nitrogens with one attached hydrogen (secondary N) is 2. The van der Waals surface area contributed by atoms with Crippen LogP contribution in [0, 0.1) is 5.92 Å². The van der Waals surface area contributed by atoms with Crippen LogP contribution in [0.4, 0.5) is 10.7 Å². The highest BCUT2D eigenvalue weighted by molar-refractivity contribution is 7.99. The summed E-state index contributed by atoms with van der Waals surface area (Å²) in [5.41, 5.74) is 1.63. The molecule has 1 amide bonds. The molecule has 5 nitrogen and oxygen atoms in total. The number of carboxylic acid groups (broad SMARTS) is 1. The quantitative estimate of drug-likeness (QED) is 0.740. The molecule has 1 aliphatic rings. The summed E-state index contributed by atoms with van der Waals surface area (Å²) in [4.78, 5) is 18.8. The second kappa shape index (κ2) is 4.53. The van der Waals surface area contributed by atoms with Crippen LogP contribution in [0.1, 0.15) is 12.8 Å². The van der Waals surface area contributed by atoms with Gasteiger partial charge in [-0.05, 0) is 37.0 Å². The summed E-state index contributed by atoms with van der Waals surface area (Å²) in [5, 5.41) is 10.8. The molecule has 6 heteroatoms. The number of H-pyrrole nitrogens is 1. The second-order valence-corrected chi connectivity index (χ2v) is 5.54. The van der Waals surface area contributed by atoms with E-state index in [9.17, 15) is 4.79 Å². The van der Waals surface area contributed by atoms with Crippen molar-refractivity contribution in [1.82, 2.24) is 9.97 Å².